The molecule has 1 heterocycles. The van der Waals surface area contributed by atoms with Crippen molar-refractivity contribution in [3.05, 3.63) is 17.7 Å². The third-order valence-corrected chi connectivity index (χ3v) is 3.89. The molecule has 1 aliphatic rings. The van der Waals surface area contributed by atoms with Crippen molar-refractivity contribution in [2.24, 2.45) is 11.1 Å². The van der Waals surface area contributed by atoms with Gasteiger partial charge in [-0.05, 0) is 24.8 Å². The lowest BCUT2D eigenvalue weighted by Gasteiger charge is -2.21. The number of H-pyrrole nitrogens is 1. The van der Waals surface area contributed by atoms with Gasteiger partial charge < -0.3 is 10.7 Å². The molecular weight excluding hydrogens is 210 g/mol. The smallest absolute Gasteiger partial charge is 0.106 e. The summed E-state index contributed by atoms with van der Waals surface area (Å²) in [6, 6.07) is 0. The second-order valence-electron chi connectivity index (χ2n) is 6.17. The molecule has 1 aliphatic carbocycles. The highest BCUT2D eigenvalue weighted by Crippen LogP contribution is 2.31. The fourth-order valence-corrected chi connectivity index (χ4v) is 2.61. The topological polar surface area (TPSA) is 54.7 Å². The van der Waals surface area contributed by atoms with Crippen molar-refractivity contribution < 1.29 is 0 Å². The average Bonchev–Trinajstić information content (AvgIpc) is 2.78. The van der Waals surface area contributed by atoms with Crippen LogP contribution in [0.4, 0.5) is 0 Å². The molecule has 1 fully saturated rings. The number of aromatic nitrogens is 2. The lowest BCUT2D eigenvalue weighted by atomic mass is 9.87. The van der Waals surface area contributed by atoms with Crippen LogP contribution < -0.4 is 5.73 Å². The number of nitrogens with zero attached hydrogens (tertiary/aromatic N) is 1. The summed E-state index contributed by atoms with van der Waals surface area (Å²) < 4.78 is 0. The van der Waals surface area contributed by atoms with Gasteiger partial charge >= 0.3 is 0 Å². The highest BCUT2D eigenvalue weighted by atomic mass is 14.9. The number of nitrogens with two attached hydrogens (primary N) is 1. The van der Waals surface area contributed by atoms with Crippen LogP contribution in [0.1, 0.15) is 63.4 Å². The summed E-state index contributed by atoms with van der Waals surface area (Å²) in [5.74, 6) is 1.81. The summed E-state index contributed by atoms with van der Waals surface area (Å²) in [4.78, 5) is 8.02. The van der Waals surface area contributed by atoms with Gasteiger partial charge in [-0.3, -0.25) is 0 Å². The van der Waals surface area contributed by atoms with Crippen LogP contribution >= 0.6 is 0 Å². The third-order valence-electron chi connectivity index (χ3n) is 3.89. The maximum atomic E-state index is 5.76. The summed E-state index contributed by atoms with van der Waals surface area (Å²) in [7, 11) is 0. The maximum Gasteiger partial charge on any atom is 0.106 e. The van der Waals surface area contributed by atoms with E-state index in [0.29, 0.717) is 12.5 Å². The molecule has 0 spiro atoms. The van der Waals surface area contributed by atoms with Crippen LogP contribution in [-0.4, -0.2) is 16.5 Å². The molecule has 1 saturated carbocycles. The van der Waals surface area contributed by atoms with Crippen molar-refractivity contribution in [2.75, 3.05) is 6.54 Å². The summed E-state index contributed by atoms with van der Waals surface area (Å²) in [5, 5.41) is 0. The third kappa shape index (κ3) is 3.32. The molecule has 17 heavy (non-hydrogen) atoms. The van der Waals surface area contributed by atoms with E-state index in [1.165, 1.54) is 37.8 Å². The first-order valence-corrected chi connectivity index (χ1v) is 6.84. The van der Waals surface area contributed by atoms with Crippen LogP contribution in [0.5, 0.6) is 0 Å². The van der Waals surface area contributed by atoms with Gasteiger partial charge in [0.15, 0.2) is 0 Å². The van der Waals surface area contributed by atoms with Crippen molar-refractivity contribution in [1.82, 2.24) is 9.97 Å². The van der Waals surface area contributed by atoms with Crippen LogP contribution in [0.2, 0.25) is 0 Å². The molecule has 3 heteroatoms. The quantitative estimate of drug-likeness (QED) is 0.843. The van der Waals surface area contributed by atoms with Crippen molar-refractivity contribution in [3.63, 3.8) is 0 Å². The molecule has 96 valence electrons. The van der Waals surface area contributed by atoms with Crippen molar-refractivity contribution in [3.8, 4) is 0 Å². The second kappa shape index (κ2) is 5.21. The number of aromatic amines is 1. The van der Waals surface area contributed by atoms with Crippen molar-refractivity contribution >= 4 is 0 Å². The molecule has 0 saturated heterocycles. The first-order chi connectivity index (χ1) is 8.11. The molecule has 0 bridgehead atoms. The van der Waals surface area contributed by atoms with Gasteiger partial charge in [-0.1, -0.05) is 33.1 Å². The predicted octanol–water partition coefficient (Wildman–Crippen LogP) is 2.98. The largest absolute Gasteiger partial charge is 0.346 e. The van der Waals surface area contributed by atoms with Gasteiger partial charge in [0.05, 0.1) is 0 Å². The Bertz CT molecular complexity index is 348. The van der Waals surface area contributed by atoms with E-state index >= 15 is 0 Å². The molecule has 0 aromatic carbocycles. The molecule has 0 unspecified atom stereocenters. The zero-order valence-electron chi connectivity index (χ0n) is 11.1. The highest BCUT2D eigenvalue weighted by Gasteiger charge is 2.21. The van der Waals surface area contributed by atoms with E-state index in [9.17, 15) is 0 Å². The summed E-state index contributed by atoms with van der Waals surface area (Å²) >= 11 is 0. The standard InChI is InChI=1S/C14H25N3/c1-14(2,10-15)8-13-16-9-12(17-13)11-6-4-3-5-7-11/h9,11H,3-8,10,15H2,1-2H3,(H,16,17). The normalized spacial score (nSPS) is 18.5. The van der Waals surface area contributed by atoms with Gasteiger partial charge in [-0.25, -0.2) is 4.98 Å². The summed E-state index contributed by atoms with van der Waals surface area (Å²) in [6.07, 6.45) is 9.76. The van der Waals surface area contributed by atoms with Crippen LogP contribution in [0.25, 0.3) is 0 Å². The van der Waals surface area contributed by atoms with E-state index in [2.05, 4.69) is 23.8 Å². The van der Waals surface area contributed by atoms with Gasteiger partial charge in [-0.2, -0.15) is 0 Å². The zero-order chi connectivity index (χ0) is 12.3. The second-order valence-corrected chi connectivity index (χ2v) is 6.17. The lowest BCUT2D eigenvalue weighted by Crippen LogP contribution is -2.26. The Morgan fingerprint density at radius 2 is 2.06 bits per heavy atom. The molecule has 1 aromatic heterocycles. The maximum absolute atomic E-state index is 5.76. The highest BCUT2D eigenvalue weighted by molar-refractivity contribution is 5.09. The minimum atomic E-state index is 0.141. The first kappa shape index (κ1) is 12.6. The Hall–Kier alpha value is -0.830. The number of imidazole rings is 1. The Kier molecular flexibility index (Phi) is 3.87. The van der Waals surface area contributed by atoms with Crippen LogP contribution in [0, 0.1) is 5.41 Å². The van der Waals surface area contributed by atoms with E-state index in [1.54, 1.807) is 0 Å². The van der Waals surface area contributed by atoms with Gasteiger partial charge in [0.1, 0.15) is 5.82 Å². The molecule has 3 N–H and O–H groups in total. The van der Waals surface area contributed by atoms with Crippen molar-refractivity contribution in [2.45, 2.75) is 58.3 Å². The number of nitrogens with one attached hydrogen (secondary N) is 1. The van der Waals surface area contributed by atoms with Crippen LogP contribution in [-0.2, 0) is 6.42 Å². The van der Waals surface area contributed by atoms with E-state index < -0.39 is 0 Å². The van der Waals surface area contributed by atoms with Crippen LogP contribution in [0.15, 0.2) is 6.20 Å². The minimum Gasteiger partial charge on any atom is -0.346 e. The Labute approximate surface area is 104 Å². The zero-order valence-corrected chi connectivity index (χ0v) is 11.1. The van der Waals surface area contributed by atoms with Gasteiger partial charge in [0.25, 0.3) is 0 Å². The summed E-state index contributed by atoms with van der Waals surface area (Å²) in [5.41, 5.74) is 7.24. The molecule has 3 nitrogen and oxygen atoms in total. The van der Waals surface area contributed by atoms with Gasteiger partial charge in [0, 0.05) is 24.2 Å². The van der Waals surface area contributed by atoms with E-state index in [0.717, 1.165) is 12.2 Å². The SMILES string of the molecule is CC(C)(CN)Cc1ncc(C2CCCCC2)[nH]1. The molecule has 0 atom stereocenters. The van der Waals surface area contributed by atoms with E-state index in [1.807, 2.05) is 6.20 Å². The lowest BCUT2D eigenvalue weighted by molar-refractivity contribution is 0.368. The Morgan fingerprint density at radius 1 is 1.35 bits per heavy atom. The van der Waals surface area contributed by atoms with Crippen LogP contribution in [0.3, 0.4) is 0 Å². The summed E-state index contributed by atoms with van der Waals surface area (Å²) in [6.45, 7) is 5.08. The van der Waals surface area contributed by atoms with E-state index in [-0.39, 0.29) is 5.41 Å². The predicted molar refractivity (Wildman–Crippen MR) is 71.0 cm³/mol. The molecular formula is C14H25N3. The Balaban J connectivity index is 2.00. The molecule has 0 radical (unpaired) electrons. The Morgan fingerprint density at radius 3 is 2.71 bits per heavy atom. The molecule has 0 amide bonds. The number of hydrogen-bond acceptors (Lipinski definition) is 2. The first-order valence-electron chi connectivity index (χ1n) is 6.84. The van der Waals surface area contributed by atoms with Crippen molar-refractivity contribution in [1.29, 1.82) is 0 Å². The molecule has 1 aromatic rings. The average molecular weight is 235 g/mol. The van der Waals surface area contributed by atoms with E-state index in [4.69, 9.17) is 5.73 Å². The monoisotopic (exact) mass is 235 g/mol. The molecule has 2 rings (SSSR count). The fraction of sp³-hybridized carbons (Fsp3) is 0.786. The van der Waals surface area contributed by atoms with Gasteiger partial charge in [-0.15, -0.1) is 0 Å². The van der Waals surface area contributed by atoms with Gasteiger partial charge in [0.2, 0.25) is 0 Å². The number of hydrogen-bond donors (Lipinski definition) is 2. The minimum absolute atomic E-state index is 0.141. The number of rotatable bonds is 4. The molecule has 0 aliphatic heterocycles. The fourth-order valence-electron chi connectivity index (χ4n) is 2.61.